The van der Waals surface area contributed by atoms with Crippen LogP contribution in [0.25, 0.3) is 10.9 Å². The van der Waals surface area contributed by atoms with E-state index in [-0.39, 0.29) is 11.8 Å². The number of nitrogens with zero attached hydrogens (tertiary/aromatic N) is 3. The molecular weight excluding hydrogens is 238 g/mol. The molecule has 1 amide bonds. The summed E-state index contributed by atoms with van der Waals surface area (Å²) >= 11 is 0. The number of hydrogen-bond acceptors (Lipinski definition) is 3. The molecule has 1 aliphatic rings. The first-order valence-electron chi connectivity index (χ1n) is 6.41. The smallest absolute Gasteiger partial charge is 0.245 e. The summed E-state index contributed by atoms with van der Waals surface area (Å²) in [6.45, 7) is 4.96. The number of carbonyl (C=O) groups is 1. The Morgan fingerprint density at radius 1 is 1.42 bits per heavy atom. The lowest BCUT2D eigenvalue weighted by molar-refractivity contribution is -0.125. The zero-order valence-electron chi connectivity index (χ0n) is 10.6. The Labute approximate surface area is 111 Å². The molecular formula is C15H15N3O. The van der Waals surface area contributed by atoms with Gasteiger partial charge in [0.1, 0.15) is 5.82 Å². The highest BCUT2D eigenvalue weighted by molar-refractivity contribution is 5.87. The van der Waals surface area contributed by atoms with E-state index in [4.69, 9.17) is 0 Å². The van der Waals surface area contributed by atoms with Crippen molar-refractivity contribution in [1.82, 2.24) is 14.9 Å². The molecule has 1 atom stereocenters. The molecule has 0 radical (unpaired) electrons. The molecule has 96 valence electrons. The molecule has 0 saturated carbocycles. The third-order valence-corrected chi connectivity index (χ3v) is 3.55. The molecule has 1 fully saturated rings. The van der Waals surface area contributed by atoms with Crippen molar-refractivity contribution in [2.75, 3.05) is 13.1 Å². The van der Waals surface area contributed by atoms with E-state index in [0.717, 1.165) is 29.7 Å². The van der Waals surface area contributed by atoms with Gasteiger partial charge in [0.05, 0.1) is 5.52 Å². The van der Waals surface area contributed by atoms with Gasteiger partial charge in [-0.05, 0) is 18.6 Å². The van der Waals surface area contributed by atoms with E-state index < -0.39 is 0 Å². The van der Waals surface area contributed by atoms with Crippen LogP contribution in [0.4, 0.5) is 0 Å². The van der Waals surface area contributed by atoms with Crippen LogP contribution in [0.15, 0.2) is 43.1 Å². The van der Waals surface area contributed by atoms with Gasteiger partial charge in [-0.1, -0.05) is 24.8 Å². The summed E-state index contributed by atoms with van der Waals surface area (Å²) in [5.74, 6) is 1.05. The van der Waals surface area contributed by atoms with Gasteiger partial charge in [0.25, 0.3) is 0 Å². The molecule has 1 unspecified atom stereocenters. The molecule has 3 rings (SSSR count). The van der Waals surface area contributed by atoms with Crippen LogP contribution < -0.4 is 0 Å². The second-order valence-electron chi connectivity index (χ2n) is 4.76. The minimum Gasteiger partial charge on any atom is -0.338 e. The monoisotopic (exact) mass is 253 g/mol. The van der Waals surface area contributed by atoms with Crippen LogP contribution in [0, 0.1) is 0 Å². The minimum atomic E-state index is -0.0108. The number of rotatable bonds is 2. The summed E-state index contributed by atoms with van der Waals surface area (Å²) in [6, 6.07) is 7.94. The van der Waals surface area contributed by atoms with Crippen molar-refractivity contribution >= 4 is 16.8 Å². The summed E-state index contributed by atoms with van der Waals surface area (Å²) in [4.78, 5) is 22.4. The molecule has 1 aromatic heterocycles. The maximum absolute atomic E-state index is 11.6. The average molecular weight is 253 g/mol. The summed E-state index contributed by atoms with van der Waals surface area (Å²) in [7, 11) is 0. The molecule has 1 aliphatic heterocycles. The lowest BCUT2D eigenvalue weighted by atomic mass is 10.1. The summed E-state index contributed by atoms with van der Waals surface area (Å²) in [6.07, 6.45) is 4.14. The van der Waals surface area contributed by atoms with E-state index in [1.165, 1.54) is 6.08 Å². The van der Waals surface area contributed by atoms with Gasteiger partial charge in [0.15, 0.2) is 0 Å². The largest absolute Gasteiger partial charge is 0.338 e. The van der Waals surface area contributed by atoms with Crippen LogP contribution >= 0.6 is 0 Å². The third kappa shape index (κ3) is 2.21. The van der Waals surface area contributed by atoms with Crippen molar-refractivity contribution in [2.45, 2.75) is 12.3 Å². The van der Waals surface area contributed by atoms with Crippen LogP contribution in [0.5, 0.6) is 0 Å². The van der Waals surface area contributed by atoms with E-state index in [1.807, 2.05) is 30.5 Å². The molecule has 0 N–H and O–H groups in total. The van der Waals surface area contributed by atoms with Crippen LogP contribution in [-0.4, -0.2) is 33.9 Å². The Bertz CT molecular complexity index is 638. The van der Waals surface area contributed by atoms with Gasteiger partial charge in [-0.2, -0.15) is 0 Å². The van der Waals surface area contributed by atoms with Gasteiger partial charge in [-0.3, -0.25) is 4.79 Å². The van der Waals surface area contributed by atoms with E-state index in [0.29, 0.717) is 6.54 Å². The molecule has 2 heterocycles. The highest BCUT2D eigenvalue weighted by Crippen LogP contribution is 2.25. The molecule has 4 nitrogen and oxygen atoms in total. The number of likely N-dealkylation sites (tertiary alicyclic amines) is 1. The normalized spacial score (nSPS) is 18.7. The second-order valence-corrected chi connectivity index (χ2v) is 4.76. The lowest BCUT2D eigenvalue weighted by Crippen LogP contribution is -2.26. The highest BCUT2D eigenvalue weighted by atomic mass is 16.2. The molecule has 1 aromatic carbocycles. The van der Waals surface area contributed by atoms with Crippen LogP contribution in [-0.2, 0) is 4.79 Å². The van der Waals surface area contributed by atoms with Gasteiger partial charge in [0, 0.05) is 30.6 Å². The number of benzene rings is 1. The van der Waals surface area contributed by atoms with Gasteiger partial charge < -0.3 is 4.90 Å². The first kappa shape index (κ1) is 11.8. The van der Waals surface area contributed by atoms with Crippen molar-refractivity contribution < 1.29 is 4.79 Å². The number of carbonyl (C=O) groups excluding carboxylic acids is 1. The standard InChI is InChI=1S/C15H15N3O/c1-2-14(19)18-8-7-12(10-18)15-16-9-11-5-3-4-6-13(11)17-15/h2-6,9,12H,1,7-8,10H2. The first-order valence-corrected chi connectivity index (χ1v) is 6.41. The predicted octanol–water partition coefficient (Wildman–Crippen LogP) is 2.13. The number of para-hydroxylation sites is 1. The van der Waals surface area contributed by atoms with Crippen molar-refractivity contribution in [3.8, 4) is 0 Å². The fourth-order valence-electron chi connectivity index (χ4n) is 2.48. The SMILES string of the molecule is C=CC(=O)N1CCC(c2ncc3ccccc3n2)C1. The fraction of sp³-hybridized carbons (Fsp3) is 0.267. The molecule has 0 spiro atoms. The number of hydrogen-bond donors (Lipinski definition) is 0. The fourth-order valence-corrected chi connectivity index (χ4v) is 2.48. The molecule has 19 heavy (non-hydrogen) atoms. The third-order valence-electron chi connectivity index (χ3n) is 3.55. The van der Waals surface area contributed by atoms with Crippen molar-refractivity contribution in [1.29, 1.82) is 0 Å². The van der Waals surface area contributed by atoms with Gasteiger partial charge >= 0.3 is 0 Å². The van der Waals surface area contributed by atoms with Gasteiger partial charge in [0.2, 0.25) is 5.91 Å². The Hall–Kier alpha value is -2.23. The lowest BCUT2D eigenvalue weighted by Gasteiger charge is -2.13. The number of fused-ring (bicyclic) bond motifs is 1. The van der Waals surface area contributed by atoms with E-state index in [9.17, 15) is 4.79 Å². The van der Waals surface area contributed by atoms with Gasteiger partial charge in [-0.15, -0.1) is 0 Å². The van der Waals surface area contributed by atoms with Crippen molar-refractivity contribution in [2.24, 2.45) is 0 Å². The summed E-state index contributed by atoms with van der Waals surface area (Å²) < 4.78 is 0. The van der Waals surface area contributed by atoms with E-state index in [1.54, 1.807) is 4.90 Å². The second kappa shape index (κ2) is 4.80. The van der Waals surface area contributed by atoms with Gasteiger partial charge in [-0.25, -0.2) is 9.97 Å². The number of aromatic nitrogens is 2. The number of amides is 1. The quantitative estimate of drug-likeness (QED) is 0.770. The Morgan fingerprint density at radius 3 is 3.11 bits per heavy atom. The molecule has 1 saturated heterocycles. The van der Waals surface area contributed by atoms with Crippen LogP contribution in [0.3, 0.4) is 0 Å². The predicted molar refractivity (Wildman–Crippen MR) is 73.7 cm³/mol. The molecule has 2 aromatic rings. The summed E-state index contributed by atoms with van der Waals surface area (Å²) in [5, 5.41) is 1.04. The minimum absolute atomic E-state index is 0.0108. The Morgan fingerprint density at radius 2 is 2.26 bits per heavy atom. The van der Waals surface area contributed by atoms with E-state index >= 15 is 0 Å². The summed E-state index contributed by atoms with van der Waals surface area (Å²) in [5.41, 5.74) is 0.959. The van der Waals surface area contributed by atoms with Crippen molar-refractivity contribution in [3.05, 3.63) is 48.9 Å². The zero-order valence-corrected chi connectivity index (χ0v) is 10.6. The topological polar surface area (TPSA) is 46.1 Å². The zero-order chi connectivity index (χ0) is 13.2. The molecule has 0 bridgehead atoms. The van der Waals surface area contributed by atoms with E-state index in [2.05, 4.69) is 16.5 Å². The maximum Gasteiger partial charge on any atom is 0.245 e. The highest BCUT2D eigenvalue weighted by Gasteiger charge is 2.27. The Kier molecular flexibility index (Phi) is 2.99. The van der Waals surface area contributed by atoms with Crippen molar-refractivity contribution in [3.63, 3.8) is 0 Å². The van der Waals surface area contributed by atoms with Crippen LogP contribution in [0.1, 0.15) is 18.2 Å². The molecule has 4 heteroatoms. The Balaban J connectivity index is 1.85. The maximum atomic E-state index is 11.6. The average Bonchev–Trinajstić information content (AvgIpc) is 2.95. The first-order chi connectivity index (χ1) is 9.28. The van der Waals surface area contributed by atoms with Crippen LogP contribution in [0.2, 0.25) is 0 Å². The molecule has 0 aliphatic carbocycles.